The largest absolute Gasteiger partial charge is 0.593 e. The Bertz CT molecular complexity index is 1450. The van der Waals surface area contributed by atoms with Gasteiger partial charge in [-0.1, -0.05) is 58.0 Å². The third-order valence-corrected chi connectivity index (χ3v) is 9.92. The summed E-state index contributed by atoms with van der Waals surface area (Å²) in [5.41, 5.74) is 10.1. The average molecular weight is 633 g/mol. The summed E-state index contributed by atoms with van der Waals surface area (Å²) >= 11 is -1.39. The number of pyridine rings is 1. The summed E-state index contributed by atoms with van der Waals surface area (Å²) in [5, 5.41) is 4.67. The fourth-order valence-corrected chi connectivity index (χ4v) is 7.01. The Hall–Kier alpha value is -3.57. The predicted octanol–water partition coefficient (Wildman–Crippen LogP) is 6.00. The van der Waals surface area contributed by atoms with Crippen LogP contribution in [0, 0.1) is 12.3 Å². The molecule has 0 spiro atoms. The van der Waals surface area contributed by atoms with Gasteiger partial charge in [0.2, 0.25) is 10.8 Å². The number of hydrogen-bond donors (Lipinski definition) is 3. The van der Waals surface area contributed by atoms with Crippen molar-refractivity contribution in [1.82, 2.24) is 14.3 Å². The molecule has 4 rings (SSSR count). The second-order valence-corrected chi connectivity index (χ2v) is 13.8. The summed E-state index contributed by atoms with van der Waals surface area (Å²) in [6.07, 6.45) is 7.94. The molecule has 9 nitrogen and oxygen atoms in total. The van der Waals surface area contributed by atoms with Gasteiger partial charge in [0.1, 0.15) is 6.10 Å². The van der Waals surface area contributed by atoms with E-state index in [9.17, 15) is 9.35 Å². The normalized spacial score (nSPS) is 18.0. The lowest BCUT2D eigenvalue weighted by molar-refractivity contribution is -0.125. The molecule has 0 saturated carbocycles. The number of carbonyl (C=O) groups is 1. The van der Waals surface area contributed by atoms with Crippen LogP contribution >= 0.6 is 0 Å². The molecule has 45 heavy (non-hydrogen) atoms. The van der Waals surface area contributed by atoms with Gasteiger partial charge in [0.25, 0.3) is 0 Å². The number of carbonyl (C=O) groups excluding carboxylic acids is 1. The van der Waals surface area contributed by atoms with Gasteiger partial charge >= 0.3 is 0 Å². The van der Waals surface area contributed by atoms with Crippen LogP contribution in [0.15, 0.2) is 83.8 Å². The number of amides is 1. The van der Waals surface area contributed by atoms with Crippen LogP contribution in [0.25, 0.3) is 0 Å². The van der Waals surface area contributed by atoms with Crippen molar-refractivity contribution in [3.05, 3.63) is 95.6 Å². The zero-order chi connectivity index (χ0) is 32.6. The summed E-state index contributed by atoms with van der Waals surface area (Å²) < 4.78 is 22.1. The Labute approximate surface area is 271 Å². The van der Waals surface area contributed by atoms with E-state index in [2.05, 4.69) is 49.3 Å². The lowest BCUT2D eigenvalue weighted by atomic mass is 9.71. The molecule has 2 heterocycles. The summed E-state index contributed by atoms with van der Waals surface area (Å²) in [6, 6.07) is 17.6. The molecular formula is C35H48N6O3S. The van der Waals surface area contributed by atoms with E-state index in [-0.39, 0.29) is 17.9 Å². The molecule has 3 atom stereocenters. The maximum absolute atomic E-state index is 13.8. The van der Waals surface area contributed by atoms with E-state index in [1.807, 2.05) is 48.5 Å². The minimum Gasteiger partial charge on any atom is -0.593 e. The highest BCUT2D eigenvalue weighted by Gasteiger charge is 2.39. The van der Waals surface area contributed by atoms with Crippen LogP contribution in [0.1, 0.15) is 76.0 Å². The molecule has 2 aromatic carbocycles. The Kier molecular flexibility index (Phi) is 11.9. The molecule has 1 aliphatic heterocycles. The van der Waals surface area contributed by atoms with Crippen molar-refractivity contribution in [2.45, 2.75) is 83.8 Å². The number of hydrogen-bond acceptors (Lipinski definition) is 8. The Morgan fingerprint density at radius 2 is 2.02 bits per heavy atom. The van der Waals surface area contributed by atoms with Gasteiger partial charge in [0.05, 0.1) is 41.8 Å². The van der Waals surface area contributed by atoms with E-state index >= 15 is 0 Å². The molecule has 5 N–H and O–H groups in total. The van der Waals surface area contributed by atoms with Crippen molar-refractivity contribution in [2.24, 2.45) is 17.0 Å². The number of anilines is 1. The van der Waals surface area contributed by atoms with Gasteiger partial charge < -0.3 is 25.3 Å². The van der Waals surface area contributed by atoms with Gasteiger partial charge in [-0.15, -0.1) is 4.31 Å². The number of hydrazine groups is 1. The molecule has 0 fully saturated rings. The Morgan fingerprint density at radius 1 is 1.24 bits per heavy atom. The topological polar surface area (TPSA) is 133 Å². The molecule has 0 radical (unpaired) electrons. The second-order valence-electron chi connectivity index (χ2n) is 12.3. The fourth-order valence-electron chi connectivity index (χ4n) is 5.69. The van der Waals surface area contributed by atoms with Crippen LogP contribution in [0.5, 0.6) is 5.75 Å². The Balaban J connectivity index is 1.66. The van der Waals surface area contributed by atoms with Crippen molar-refractivity contribution < 1.29 is 14.1 Å². The monoisotopic (exact) mass is 632 g/mol. The van der Waals surface area contributed by atoms with Crippen molar-refractivity contribution in [3.63, 3.8) is 0 Å². The van der Waals surface area contributed by atoms with Gasteiger partial charge in [-0.05, 0) is 79.5 Å². The molecule has 0 saturated heterocycles. The average Bonchev–Trinajstić information content (AvgIpc) is 3.15. The van der Waals surface area contributed by atoms with Gasteiger partial charge in [-0.25, -0.2) is 5.84 Å². The van der Waals surface area contributed by atoms with Crippen molar-refractivity contribution in [1.29, 1.82) is 0 Å². The Morgan fingerprint density at radius 3 is 2.73 bits per heavy atom. The fraction of sp³-hybridized carbons (Fsp3) is 0.429. The lowest BCUT2D eigenvalue weighted by Crippen LogP contribution is -2.37. The summed E-state index contributed by atoms with van der Waals surface area (Å²) in [6.45, 7) is 11.9. The highest BCUT2D eigenvalue weighted by atomic mass is 32.2. The lowest BCUT2D eigenvalue weighted by Gasteiger charge is -2.34. The molecule has 0 aliphatic carbocycles. The van der Waals surface area contributed by atoms with Crippen molar-refractivity contribution in [3.8, 4) is 5.75 Å². The molecule has 1 aliphatic rings. The van der Waals surface area contributed by atoms with Crippen LogP contribution in [0.2, 0.25) is 0 Å². The van der Waals surface area contributed by atoms with E-state index in [4.69, 9.17) is 16.3 Å². The molecule has 2 unspecified atom stereocenters. The standard InChI is InChI=1S/C35H48N6O3S/c1-6-19-40(37)23-28(36)16-17-31(35(4,5)34(42)39-29-11-10-18-38-21-29)26-15-14-25(3)27(20-26)22-41-24-30(7-2)44-32-12-8-9-13-33(32)45(41)43/h8-15,18,20-21,23,30-31H,6-7,16-17,19,22,24,36-37H2,1-5H3,(H,39,42)/b28-23-/t30-,31?,45?/m1/s1. The first-order valence-electron chi connectivity index (χ1n) is 15.7. The SMILES string of the molecule is CCCN(N)/C=C(\N)CCC(c1ccc(C)c(CN2C[C@@H](CC)Oc3ccccc3[S+]2[O-])c1)C(C)(C)C(=O)Nc1cccnc1. The minimum absolute atomic E-state index is 0.0754. The number of nitrogens with two attached hydrogens (primary N) is 2. The molecule has 1 aromatic heterocycles. The third-order valence-electron chi connectivity index (χ3n) is 8.46. The van der Waals surface area contributed by atoms with E-state index in [0.717, 1.165) is 29.5 Å². The van der Waals surface area contributed by atoms with Crippen LogP contribution < -0.4 is 21.6 Å². The number of allylic oxidation sites excluding steroid dienone is 1. The predicted molar refractivity (Wildman–Crippen MR) is 181 cm³/mol. The number of benzene rings is 2. The number of aromatic nitrogens is 1. The van der Waals surface area contributed by atoms with Crippen LogP contribution in [-0.2, 0) is 22.7 Å². The van der Waals surface area contributed by atoms with Crippen LogP contribution in [0.3, 0.4) is 0 Å². The van der Waals surface area contributed by atoms with Gasteiger partial charge in [0.15, 0.2) is 5.75 Å². The van der Waals surface area contributed by atoms with Crippen molar-refractivity contribution in [2.75, 3.05) is 18.4 Å². The zero-order valence-corrected chi connectivity index (χ0v) is 28.0. The molecule has 0 bridgehead atoms. The van der Waals surface area contributed by atoms with E-state index in [1.165, 1.54) is 0 Å². The summed E-state index contributed by atoms with van der Waals surface area (Å²) in [5.74, 6) is 6.48. The van der Waals surface area contributed by atoms with E-state index in [0.29, 0.717) is 54.5 Å². The molecule has 242 valence electrons. The van der Waals surface area contributed by atoms with Gasteiger partial charge in [-0.2, -0.15) is 0 Å². The maximum atomic E-state index is 13.8. The maximum Gasteiger partial charge on any atom is 0.230 e. The van der Waals surface area contributed by atoms with Crippen LogP contribution in [-0.4, -0.2) is 44.0 Å². The molecule has 1 amide bonds. The highest BCUT2D eigenvalue weighted by molar-refractivity contribution is 7.89. The van der Waals surface area contributed by atoms with E-state index in [1.54, 1.807) is 29.7 Å². The number of fused-ring (bicyclic) bond motifs is 1. The van der Waals surface area contributed by atoms with Gasteiger partial charge in [-0.3, -0.25) is 9.78 Å². The van der Waals surface area contributed by atoms with E-state index < -0.39 is 16.8 Å². The summed E-state index contributed by atoms with van der Waals surface area (Å²) in [4.78, 5) is 18.7. The smallest absolute Gasteiger partial charge is 0.230 e. The number of para-hydroxylation sites is 1. The number of nitrogens with one attached hydrogen (secondary N) is 1. The number of aryl methyl sites for hydroxylation is 1. The number of ether oxygens (including phenoxy) is 1. The first-order valence-corrected chi connectivity index (χ1v) is 16.8. The zero-order valence-electron chi connectivity index (χ0n) is 27.2. The number of rotatable bonds is 13. The first kappa shape index (κ1) is 34.3. The quantitative estimate of drug-likeness (QED) is 0.119. The molecular weight excluding hydrogens is 584 g/mol. The number of nitrogens with zero attached hydrogens (tertiary/aromatic N) is 3. The van der Waals surface area contributed by atoms with Crippen molar-refractivity contribution >= 4 is 23.0 Å². The second kappa shape index (κ2) is 15.6. The van der Waals surface area contributed by atoms with Crippen LogP contribution in [0.4, 0.5) is 5.69 Å². The molecule has 3 aromatic rings. The minimum atomic E-state index is -1.39. The highest BCUT2D eigenvalue weighted by Crippen LogP contribution is 2.42. The third kappa shape index (κ3) is 8.79. The summed E-state index contributed by atoms with van der Waals surface area (Å²) in [7, 11) is 0. The first-order chi connectivity index (χ1) is 21.5. The van der Waals surface area contributed by atoms with Gasteiger partial charge in [0, 0.05) is 24.6 Å². The molecule has 10 heteroatoms.